The van der Waals surface area contributed by atoms with Crippen LogP contribution >= 0.6 is 15.9 Å². The quantitative estimate of drug-likeness (QED) is 0.473. The molecule has 0 atom stereocenters. The largest absolute Gasteiger partial charge is 0.497 e. The maximum atomic E-state index is 12.7. The van der Waals surface area contributed by atoms with Crippen molar-refractivity contribution in [2.75, 3.05) is 12.4 Å². The molecule has 4 aromatic rings. The number of methoxy groups -OCH3 is 1. The molecule has 3 aromatic carbocycles. The number of nitrogens with one attached hydrogen (secondary N) is 1. The maximum Gasteiger partial charge on any atom is 0.244 e. The highest BCUT2D eigenvalue weighted by Gasteiger charge is 2.15. The number of rotatable bonds is 5. The Bertz CT molecular complexity index is 1140. The third-order valence-corrected chi connectivity index (χ3v) is 4.91. The average Bonchev–Trinajstić information content (AvgIpc) is 3.06. The Hall–Kier alpha value is -3.12. The Balaban J connectivity index is 1.69. The first-order valence-electron chi connectivity index (χ1n) is 8.79. The first-order chi connectivity index (χ1) is 13.6. The van der Waals surface area contributed by atoms with E-state index in [9.17, 15) is 4.79 Å². The van der Waals surface area contributed by atoms with Crippen LogP contribution in [-0.2, 0) is 11.3 Å². The zero-order chi connectivity index (χ0) is 19.5. The summed E-state index contributed by atoms with van der Waals surface area (Å²) >= 11 is 3.42. The smallest absolute Gasteiger partial charge is 0.244 e. The van der Waals surface area contributed by atoms with Crippen LogP contribution in [0.2, 0.25) is 0 Å². The molecule has 140 valence electrons. The first-order valence-corrected chi connectivity index (χ1v) is 9.58. The average molecular weight is 436 g/mol. The van der Waals surface area contributed by atoms with E-state index in [1.807, 2.05) is 77.4 Å². The molecule has 5 nitrogen and oxygen atoms in total. The lowest BCUT2D eigenvalue weighted by Crippen LogP contribution is -2.19. The fourth-order valence-corrected chi connectivity index (χ4v) is 3.51. The van der Waals surface area contributed by atoms with Gasteiger partial charge in [-0.1, -0.05) is 34.1 Å². The summed E-state index contributed by atoms with van der Waals surface area (Å²) < 4.78 is 8.09. The number of carbonyl (C=O) groups is 1. The number of benzene rings is 3. The van der Waals surface area contributed by atoms with Gasteiger partial charge in [0.15, 0.2) is 0 Å². The van der Waals surface area contributed by atoms with Crippen molar-refractivity contribution >= 4 is 38.6 Å². The van der Waals surface area contributed by atoms with Crippen molar-refractivity contribution < 1.29 is 9.53 Å². The van der Waals surface area contributed by atoms with Crippen molar-refractivity contribution in [2.45, 2.75) is 6.54 Å². The topological polar surface area (TPSA) is 56.2 Å². The minimum atomic E-state index is -0.115. The van der Waals surface area contributed by atoms with Gasteiger partial charge in [-0.05, 0) is 54.6 Å². The van der Waals surface area contributed by atoms with Crippen molar-refractivity contribution in [1.29, 1.82) is 0 Å². The number of hydrogen-bond acceptors (Lipinski definition) is 3. The van der Waals surface area contributed by atoms with Gasteiger partial charge < -0.3 is 14.6 Å². The summed E-state index contributed by atoms with van der Waals surface area (Å²) in [6.07, 6.45) is 0. The molecule has 0 spiro atoms. The Morgan fingerprint density at radius 1 is 1.07 bits per heavy atom. The zero-order valence-corrected chi connectivity index (χ0v) is 16.8. The molecule has 1 aromatic heterocycles. The number of nitrogens with zero attached hydrogens (tertiary/aromatic N) is 2. The fraction of sp³-hybridized carbons (Fsp3) is 0.0909. The second kappa shape index (κ2) is 7.86. The van der Waals surface area contributed by atoms with Gasteiger partial charge in [0.1, 0.15) is 18.1 Å². The molecule has 0 radical (unpaired) electrons. The zero-order valence-electron chi connectivity index (χ0n) is 15.2. The molecule has 0 saturated carbocycles. The molecule has 1 amide bonds. The van der Waals surface area contributed by atoms with Crippen molar-refractivity contribution in [3.05, 3.63) is 77.3 Å². The van der Waals surface area contributed by atoms with Crippen LogP contribution in [0, 0.1) is 0 Å². The maximum absolute atomic E-state index is 12.7. The van der Waals surface area contributed by atoms with E-state index >= 15 is 0 Å². The second-order valence-electron chi connectivity index (χ2n) is 6.30. The minimum Gasteiger partial charge on any atom is -0.497 e. The Labute approximate surface area is 171 Å². The van der Waals surface area contributed by atoms with E-state index in [0.717, 1.165) is 38.3 Å². The predicted molar refractivity (Wildman–Crippen MR) is 114 cm³/mol. The fourth-order valence-electron chi connectivity index (χ4n) is 3.11. The van der Waals surface area contributed by atoms with Gasteiger partial charge in [0.2, 0.25) is 5.91 Å². The minimum absolute atomic E-state index is 0.115. The van der Waals surface area contributed by atoms with E-state index in [4.69, 9.17) is 9.72 Å². The number of imidazole rings is 1. The number of hydrogen-bond donors (Lipinski definition) is 1. The first kappa shape index (κ1) is 18.3. The molecule has 28 heavy (non-hydrogen) atoms. The molecule has 0 aliphatic carbocycles. The van der Waals surface area contributed by atoms with E-state index in [-0.39, 0.29) is 12.5 Å². The van der Waals surface area contributed by atoms with Gasteiger partial charge in [0.25, 0.3) is 0 Å². The van der Waals surface area contributed by atoms with Crippen LogP contribution in [0.25, 0.3) is 22.4 Å². The number of ether oxygens (including phenoxy) is 1. The van der Waals surface area contributed by atoms with Gasteiger partial charge in [0, 0.05) is 15.7 Å². The van der Waals surface area contributed by atoms with Crippen LogP contribution in [0.5, 0.6) is 5.75 Å². The number of fused-ring (bicyclic) bond motifs is 1. The number of aromatic nitrogens is 2. The third-order valence-electron chi connectivity index (χ3n) is 4.41. The van der Waals surface area contributed by atoms with Crippen LogP contribution < -0.4 is 10.1 Å². The SMILES string of the molecule is COc1ccc(-c2nc3ccccc3n2CC(=O)Nc2cccc(Br)c2)cc1. The summed E-state index contributed by atoms with van der Waals surface area (Å²) in [5.41, 5.74) is 3.43. The van der Waals surface area contributed by atoms with Crippen molar-refractivity contribution in [2.24, 2.45) is 0 Å². The summed E-state index contributed by atoms with van der Waals surface area (Å²) in [5.74, 6) is 1.41. The van der Waals surface area contributed by atoms with Crippen LogP contribution in [-0.4, -0.2) is 22.6 Å². The van der Waals surface area contributed by atoms with Crippen LogP contribution in [0.3, 0.4) is 0 Å². The second-order valence-corrected chi connectivity index (χ2v) is 7.21. The summed E-state index contributed by atoms with van der Waals surface area (Å²) in [7, 11) is 1.64. The Morgan fingerprint density at radius 3 is 2.61 bits per heavy atom. The van der Waals surface area contributed by atoms with Gasteiger partial charge >= 0.3 is 0 Å². The van der Waals surface area contributed by atoms with Gasteiger partial charge in [-0.2, -0.15) is 0 Å². The molecule has 1 heterocycles. The monoisotopic (exact) mass is 435 g/mol. The number of para-hydroxylation sites is 2. The molecule has 0 saturated heterocycles. The molecule has 0 bridgehead atoms. The highest BCUT2D eigenvalue weighted by atomic mass is 79.9. The van der Waals surface area contributed by atoms with Gasteiger partial charge in [-0.25, -0.2) is 4.98 Å². The lowest BCUT2D eigenvalue weighted by molar-refractivity contribution is -0.116. The molecule has 1 N–H and O–H groups in total. The number of amides is 1. The van der Waals surface area contributed by atoms with E-state index in [0.29, 0.717) is 0 Å². The van der Waals surface area contributed by atoms with Gasteiger partial charge in [-0.3, -0.25) is 4.79 Å². The predicted octanol–water partition coefficient (Wildman–Crippen LogP) is 5.11. The summed E-state index contributed by atoms with van der Waals surface area (Å²) in [4.78, 5) is 17.5. The molecule has 0 unspecified atom stereocenters. The Morgan fingerprint density at radius 2 is 1.86 bits per heavy atom. The summed E-state index contributed by atoms with van der Waals surface area (Å²) in [6, 6.07) is 23.0. The normalized spacial score (nSPS) is 10.8. The molecular weight excluding hydrogens is 418 g/mol. The van der Waals surface area contributed by atoms with E-state index in [1.54, 1.807) is 7.11 Å². The lowest BCUT2D eigenvalue weighted by atomic mass is 10.2. The van der Waals surface area contributed by atoms with E-state index in [1.165, 1.54) is 0 Å². The number of anilines is 1. The summed E-state index contributed by atoms with van der Waals surface area (Å²) in [6.45, 7) is 0.161. The highest BCUT2D eigenvalue weighted by molar-refractivity contribution is 9.10. The van der Waals surface area contributed by atoms with Gasteiger partial charge in [0.05, 0.1) is 18.1 Å². The third kappa shape index (κ3) is 3.77. The molecule has 6 heteroatoms. The standard InChI is InChI=1S/C22H18BrN3O2/c1-28-18-11-9-15(10-12-18)22-25-19-7-2-3-8-20(19)26(22)14-21(27)24-17-6-4-5-16(23)13-17/h2-13H,14H2,1H3,(H,24,27). The van der Waals surface area contributed by atoms with Crippen molar-refractivity contribution in [3.63, 3.8) is 0 Å². The molecular formula is C22H18BrN3O2. The molecule has 0 aliphatic heterocycles. The highest BCUT2D eigenvalue weighted by Crippen LogP contribution is 2.26. The van der Waals surface area contributed by atoms with Crippen LogP contribution in [0.4, 0.5) is 5.69 Å². The van der Waals surface area contributed by atoms with E-state index in [2.05, 4.69) is 21.2 Å². The lowest BCUT2D eigenvalue weighted by Gasteiger charge is -2.11. The van der Waals surface area contributed by atoms with E-state index < -0.39 is 0 Å². The number of halogens is 1. The van der Waals surface area contributed by atoms with Crippen molar-refractivity contribution in [1.82, 2.24) is 9.55 Å². The van der Waals surface area contributed by atoms with Crippen LogP contribution in [0.1, 0.15) is 0 Å². The Kier molecular flexibility index (Phi) is 5.12. The molecule has 0 fully saturated rings. The van der Waals surface area contributed by atoms with Gasteiger partial charge in [-0.15, -0.1) is 0 Å². The molecule has 0 aliphatic rings. The van der Waals surface area contributed by atoms with Crippen LogP contribution in [0.15, 0.2) is 77.3 Å². The molecule has 4 rings (SSSR count). The van der Waals surface area contributed by atoms with Crippen molar-refractivity contribution in [3.8, 4) is 17.1 Å². The summed E-state index contributed by atoms with van der Waals surface area (Å²) in [5, 5.41) is 2.95. The number of carbonyl (C=O) groups excluding carboxylic acids is 1.